The Hall–Kier alpha value is -3.50. The lowest BCUT2D eigenvalue weighted by Gasteiger charge is -2.08. The van der Waals surface area contributed by atoms with Crippen molar-refractivity contribution in [2.45, 2.75) is 12.8 Å². The van der Waals surface area contributed by atoms with Crippen LogP contribution in [-0.2, 0) is 14.3 Å². The number of halogens is 2. The van der Waals surface area contributed by atoms with Crippen LogP contribution < -0.4 is 10.9 Å². The number of hydrazine groups is 1. The van der Waals surface area contributed by atoms with E-state index < -0.39 is 40.8 Å². The number of benzene rings is 2. The van der Waals surface area contributed by atoms with Gasteiger partial charge in [0.05, 0.1) is 21.9 Å². The molecule has 0 aliphatic heterocycles. The Morgan fingerprint density at radius 2 is 1.68 bits per heavy atom. The smallest absolute Gasteiger partial charge is 0.306 e. The van der Waals surface area contributed by atoms with Gasteiger partial charge in [-0.2, -0.15) is 0 Å². The number of esters is 1. The van der Waals surface area contributed by atoms with E-state index in [0.717, 1.165) is 6.07 Å². The van der Waals surface area contributed by atoms with Crippen molar-refractivity contribution >= 4 is 52.5 Å². The number of carbonyl (C=O) groups is 4. The maximum atomic E-state index is 12.0. The molecule has 0 unspecified atom stereocenters. The van der Waals surface area contributed by atoms with E-state index in [4.69, 9.17) is 27.9 Å². The minimum atomic E-state index is -0.843. The number of nitrogens with zero attached hydrogens (tertiary/aromatic N) is 1. The Labute approximate surface area is 185 Å². The Bertz CT molecular complexity index is 1040. The molecular weight excluding hydrogens is 453 g/mol. The van der Waals surface area contributed by atoms with Crippen LogP contribution in [0.4, 0.5) is 5.69 Å². The highest BCUT2D eigenvalue weighted by Crippen LogP contribution is 2.25. The number of ketones is 1. The Morgan fingerprint density at radius 1 is 0.968 bits per heavy atom. The van der Waals surface area contributed by atoms with Crippen molar-refractivity contribution in [1.82, 2.24) is 10.9 Å². The van der Waals surface area contributed by atoms with E-state index >= 15 is 0 Å². The summed E-state index contributed by atoms with van der Waals surface area (Å²) < 4.78 is 4.77. The summed E-state index contributed by atoms with van der Waals surface area (Å²) in [5, 5.41) is 10.9. The Balaban J connectivity index is 1.75. The van der Waals surface area contributed by atoms with E-state index in [1.165, 1.54) is 24.3 Å². The molecule has 0 fully saturated rings. The van der Waals surface area contributed by atoms with Gasteiger partial charge < -0.3 is 4.74 Å². The highest BCUT2D eigenvalue weighted by molar-refractivity contribution is 6.34. The van der Waals surface area contributed by atoms with Crippen molar-refractivity contribution < 1.29 is 28.8 Å². The lowest BCUT2D eigenvalue weighted by Crippen LogP contribution is -2.41. The highest BCUT2D eigenvalue weighted by atomic mass is 35.5. The van der Waals surface area contributed by atoms with Crippen molar-refractivity contribution in [3.8, 4) is 0 Å². The molecule has 0 heterocycles. The molecule has 2 amide bonds. The second-order valence-electron chi connectivity index (χ2n) is 5.99. The molecule has 0 atom stereocenters. The summed E-state index contributed by atoms with van der Waals surface area (Å²) in [6.45, 7) is -0.664. The standard InChI is InChI=1S/C19H15Cl2N3O7/c20-13-4-2-1-3-12(13)19(28)23-22-17(26)7-8-18(27)31-10-16(25)11-5-6-14(21)15(9-11)24(29)30/h1-6,9H,7-8,10H2,(H,22,26)(H,23,28). The monoisotopic (exact) mass is 467 g/mol. The number of Topliss-reactive ketones (excluding diaryl/α,β-unsaturated/α-hetero) is 1. The molecule has 31 heavy (non-hydrogen) atoms. The topological polar surface area (TPSA) is 145 Å². The molecule has 162 valence electrons. The number of nitro groups is 1. The Kier molecular flexibility index (Phi) is 8.47. The van der Waals surface area contributed by atoms with Gasteiger partial charge >= 0.3 is 5.97 Å². The van der Waals surface area contributed by atoms with Crippen LogP contribution in [0.3, 0.4) is 0 Å². The predicted octanol–water partition coefficient (Wildman–Crippen LogP) is 2.87. The molecule has 0 aliphatic rings. The number of carbonyl (C=O) groups excluding carboxylic acids is 4. The zero-order valence-corrected chi connectivity index (χ0v) is 17.2. The van der Waals surface area contributed by atoms with Crippen LogP contribution in [0.25, 0.3) is 0 Å². The molecular formula is C19H15Cl2N3O7. The average molecular weight is 468 g/mol. The zero-order chi connectivity index (χ0) is 23.0. The van der Waals surface area contributed by atoms with Gasteiger partial charge in [0.15, 0.2) is 6.61 Å². The maximum Gasteiger partial charge on any atom is 0.306 e. The molecule has 0 spiro atoms. The fraction of sp³-hybridized carbons (Fsp3) is 0.158. The van der Waals surface area contributed by atoms with Gasteiger partial charge in [-0.25, -0.2) is 0 Å². The third-order valence-electron chi connectivity index (χ3n) is 3.82. The lowest BCUT2D eigenvalue weighted by molar-refractivity contribution is -0.384. The molecule has 2 N–H and O–H groups in total. The molecule has 0 bridgehead atoms. The first-order valence-corrected chi connectivity index (χ1v) is 9.41. The molecule has 2 rings (SSSR count). The molecule has 0 radical (unpaired) electrons. The molecule has 2 aromatic rings. The molecule has 0 aromatic heterocycles. The zero-order valence-electron chi connectivity index (χ0n) is 15.7. The first-order chi connectivity index (χ1) is 14.7. The number of ether oxygens (including phenoxy) is 1. The molecule has 0 aliphatic carbocycles. The summed E-state index contributed by atoms with van der Waals surface area (Å²) in [7, 11) is 0. The van der Waals surface area contributed by atoms with Crippen LogP contribution in [0.5, 0.6) is 0 Å². The van der Waals surface area contributed by atoms with Crippen LogP contribution in [-0.4, -0.2) is 35.1 Å². The van der Waals surface area contributed by atoms with Gasteiger partial charge in [-0.15, -0.1) is 0 Å². The molecule has 12 heteroatoms. The van der Waals surface area contributed by atoms with E-state index in [1.807, 2.05) is 0 Å². The summed E-state index contributed by atoms with van der Waals surface area (Å²) in [4.78, 5) is 57.5. The third-order valence-corrected chi connectivity index (χ3v) is 4.47. The number of hydrogen-bond acceptors (Lipinski definition) is 7. The fourth-order valence-electron chi connectivity index (χ4n) is 2.24. The van der Waals surface area contributed by atoms with E-state index in [9.17, 15) is 29.3 Å². The summed E-state index contributed by atoms with van der Waals surface area (Å²) >= 11 is 11.5. The van der Waals surface area contributed by atoms with Gasteiger partial charge in [0.1, 0.15) is 5.02 Å². The Morgan fingerprint density at radius 3 is 2.35 bits per heavy atom. The van der Waals surface area contributed by atoms with Crippen LogP contribution in [0.15, 0.2) is 42.5 Å². The van der Waals surface area contributed by atoms with Crippen molar-refractivity contribution in [3.05, 3.63) is 73.8 Å². The quantitative estimate of drug-likeness (QED) is 0.262. The summed E-state index contributed by atoms with van der Waals surface area (Å²) in [6.07, 6.45) is -0.677. The fourth-order valence-corrected chi connectivity index (χ4v) is 2.65. The largest absolute Gasteiger partial charge is 0.457 e. The SMILES string of the molecule is O=C(CCC(=O)OCC(=O)c1ccc(Cl)c([N+](=O)[O-])c1)NNC(=O)c1ccccc1Cl. The molecule has 0 saturated heterocycles. The average Bonchev–Trinajstić information content (AvgIpc) is 2.74. The predicted molar refractivity (Wildman–Crippen MR) is 110 cm³/mol. The molecule has 0 saturated carbocycles. The van der Waals surface area contributed by atoms with Gasteiger partial charge in [-0.05, 0) is 24.3 Å². The van der Waals surface area contributed by atoms with E-state index in [1.54, 1.807) is 12.1 Å². The second kappa shape index (κ2) is 11.0. The minimum absolute atomic E-state index is 0.0519. The van der Waals surface area contributed by atoms with E-state index in [2.05, 4.69) is 10.9 Å². The van der Waals surface area contributed by atoms with Crippen molar-refractivity contribution in [2.75, 3.05) is 6.61 Å². The molecule has 2 aromatic carbocycles. The van der Waals surface area contributed by atoms with Crippen LogP contribution in [0.2, 0.25) is 10.0 Å². The highest BCUT2D eigenvalue weighted by Gasteiger charge is 2.18. The van der Waals surface area contributed by atoms with Crippen molar-refractivity contribution in [3.63, 3.8) is 0 Å². The first-order valence-electron chi connectivity index (χ1n) is 8.65. The lowest BCUT2D eigenvalue weighted by atomic mass is 10.1. The van der Waals surface area contributed by atoms with Gasteiger partial charge in [0.25, 0.3) is 11.6 Å². The maximum absolute atomic E-state index is 12.0. The number of rotatable bonds is 8. The number of amides is 2. The second-order valence-corrected chi connectivity index (χ2v) is 6.80. The normalized spacial score (nSPS) is 10.1. The van der Waals surface area contributed by atoms with Crippen LogP contribution >= 0.6 is 23.2 Å². The number of nitrogens with one attached hydrogen (secondary N) is 2. The van der Waals surface area contributed by atoms with Gasteiger partial charge in [-0.1, -0.05) is 35.3 Å². The van der Waals surface area contributed by atoms with Gasteiger partial charge in [-0.3, -0.25) is 40.1 Å². The van der Waals surface area contributed by atoms with E-state index in [0.29, 0.717) is 0 Å². The van der Waals surface area contributed by atoms with Crippen LogP contribution in [0, 0.1) is 10.1 Å². The van der Waals surface area contributed by atoms with Gasteiger partial charge in [0.2, 0.25) is 11.7 Å². The minimum Gasteiger partial charge on any atom is -0.457 e. The number of hydrogen-bond donors (Lipinski definition) is 2. The molecule has 10 nitrogen and oxygen atoms in total. The third kappa shape index (κ3) is 7.05. The van der Waals surface area contributed by atoms with E-state index in [-0.39, 0.29) is 34.0 Å². The van der Waals surface area contributed by atoms with Crippen molar-refractivity contribution in [1.29, 1.82) is 0 Å². The first kappa shape index (κ1) is 23.8. The summed E-state index contributed by atoms with van der Waals surface area (Å²) in [5.41, 5.74) is 3.94. The number of nitro benzene ring substituents is 1. The summed E-state index contributed by atoms with van der Waals surface area (Å²) in [6, 6.07) is 9.65. The van der Waals surface area contributed by atoms with Crippen molar-refractivity contribution in [2.24, 2.45) is 0 Å². The van der Waals surface area contributed by atoms with Gasteiger partial charge in [0, 0.05) is 18.1 Å². The van der Waals surface area contributed by atoms with Crippen LogP contribution in [0.1, 0.15) is 33.6 Å². The summed E-state index contributed by atoms with van der Waals surface area (Å²) in [5.74, 6) is -2.82.